The Hall–Kier alpha value is -0.0351. The van der Waals surface area contributed by atoms with Crippen LogP contribution in [0.25, 0.3) is 0 Å². The number of benzene rings is 1. The first-order valence-corrected chi connectivity index (χ1v) is 8.09. The highest BCUT2D eigenvalue weighted by molar-refractivity contribution is 9.10. The lowest BCUT2D eigenvalue weighted by atomic mass is 9.78. The zero-order chi connectivity index (χ0) is 14.4. The van der Waals surface area contributed by atoms with Crippen LogP contribution < -0.4 is 5.46 Å². The lowest BCUT2D eigenvalue weighted by Crippen LogP contribution is -2.41. The van der Waals surface area contributed by atoms with Gasteiger partial charge in [0.1, 0.15) is 5.82 Å². The zero-order valence-corrected chi connectivity index (χ0v) is 14.1. The molecule has 0 aromatic heterocycles. The Morgan fingerprint density at radius 2 is 1.68 bits per heavy atom. The van der Waals surface area contributed by atoms with Crippen molar-refractivity contribution in [3.63, 3.8) is 0 Å². The molecule has 0 N–H and O–H groups in total. The molecule has 6 heteroatoms. The molecule has 1 aromatic rings. The highest BCUT2D eigenvalue weighted by atomic mass is 79.9. The first kappa shape index (κ1) is 15.4. The summed E-state index contributed by atoms with van der Waals surface area (Å²) >= 11 is 4.70. The zero-order valence-electron chi connectivity index (χ0n) is 11.7. The molecule has 0 unspecified atom stereocenters. The van der Waals surface area contributed by atoms with Crippen LogP contribution in [-0.4, -0.2) is 24.6 Å². The quantitative estimate of drug-likeness (QED) is 0.602. The van der Waals surface area contributed by atoms with Crippen molar-refractivity contribution in [2.45, 2.75) is 43.8 Å². The van der Waals surface area contributed by atoms with Crippen molar-refractivity contribution in [3.05, 3.63) is 22.4 Å². The fourth-order valence-corrected chi connectivity index (χ4v) is 2.86. The van der Waals surface area contributed by atoms with Crippen LogP contribution >= 0.6 is 27.7 Å². The average Bonchev–Trinajstić information content (AvgIpc) is 2.51. The van der Waals surface area contributed by atoms with E-state index in [9.17, 15) is 4.39 Å². The van der Waals surface area contributed by atoms with E-state index in [0.29, 0.717) is 9.94 Å². The minimum Gasteiger partial charge on any atom is -0.399 e. The van der Waals surface area contributed by atoms with Crippen LogP contribution in [0.1, 0.15) is 27.7 Å². The van der Waals surface area contributed by atoms with Crippen molar-refractivity contribution in [3.8, 4) is 0 Å². The predicted molar refractivity (Wildman–Crippen MR) is 81.6 cm³/mol. The molecule has 1 aliphatic heterocycles. The Labute approximate surface area is 126 Å². The van der Waals surface area contributed by atoms with Crippen LogP contribution in [0.4, 0.5) is 4.39 Å². The molecule has 1 heterocycles. The summed E-state index contributed by atoms with van der Waals surface area (Å²) in [6, 6.07) is 3.58. The molecule has 0 radical (unpaired) electrons. The summed E-state index contributed by atoms with van der Waals surface area (Å²) in [6.07, 6.45) is 1.91. The predicted octanol–water partition coefficient (Wildman–Crippen LogP) is 3.61. The van der Waals surface area contributed by atoms with Gasteiger partial charge in [0.25, 0.3) is 0 Å². The second kappa shape index (κ2) is 5.06. The first-order valence-electron chi connectivity index (χ1n) is 6.07. The van der Waals surface area contributed by atoms with Gasteiger partial charge >= 0.3 is 7.12 Å². The fraction of sp³-hybridized carbons (Fsp3) is 0.538. The van der Waals surface area contributed by atoms with Crippen molar-refractivity contribution < 1.29 is 13.7 Å². The average molecular weight is 347 g/mol. The third-order valence-electron chi connectivity index (χ3n) is 3.80. The molecule has 0 aliphatic carbocycles. The highest BCUT2D eigenvalue weighted by Crippen LogP contribution is 2.37. The molecule has 1 aromatic carbocycles. The van der Waals surface area contributed by atoms with E-state index in [2.05, 4.69) is 15.9 Å². The molecule has 104 valence electrons. The number of thioether (sulfide) groups is 1. The smallest absolute Gasteiger partial charge is 0.399 e. The Balaban J connectivity index is 2.47. The second-order valence-electron chi connectivity index (χ2n) is 5.57. The van der Waals surface area contributed by atoms with Crippen LogP contribution in [-0.2, 0) is 9.31 Å². The molecule has 19 heavy (non-hydrogen) atoms. The molecular weight excluding hydrogens is 330 g/mol. The SMILES string of the molecule is CSc1ccc(Br)c(F)c1B1OC(C)(C)C(C)(C)O1. The topological polar surface area (TPSA) is 18.5 Å². The van der Waals surface area contributed by atoms with Crippen molar-refractivity contribution in [2.24, 2.45) is 0 Å². The van der Waals surface area contributed by atoms with Crippen molar-refractivity contribution in [2.75, 3.05) is 6.26 Å². The van der Waals surface area contributed by atoms with Gasteiger partial charge in [0.2, 0.25) is 0 Å². The molecule has 0 atom stereocenters. The van der Waals surface area contributed by atoms with Crippen LogP contribution in [0.5, 0.6) is 0 Å². The van der Waals surface area contributed by atoms with E-state index in [1.54, 1.807) is 6.07 Å². The van der Waals surface area contributed by atoms with Gasteiger partial charge in [-0.15, -0.1) is 11.8 Å². The van der Waals surface area contributed by atoms with Gasteiger partial charge in [-0.2, -0.15) is 0 Å². The number of rotatable bonds is 2. The number of halogens is 2. The van der Waals surface area contributed by atoms with E-state index in [1.165, 1.54) is 11.8 Å². The third kappa shape index (κ3) is 2.60. The molecule has 2 nitrogen and oxygen atoms in total. The third-order valence-corrected chi connectivity index (χ3v) is 5.21. The van der Waals surface area contributed by atoms with Crippen molar-refractivity contribution >= 4 is 40.3 Å². The highest BCUT2D eigenvalue weighted by Gasteiger charge is 2.53. The largest absolute Gasteiger partial charge is 0.499 e. The van der Waals surface area contributed by atoms with E-state index in [4.69, 9.17) is 9.31 Å². The summed E-state index contributed by atoms with van der Waals surface area (Å²) in [5, 5.41) is 0. The van der Waals surface area contributed by atoms with Crippen LogP contribution in [0.2, 0.25) is 0 Å². The standard InChI is InChI=1S/C13H17BBrFO2S/c1-12(2)13(3,4)18-14(17-12)10-9(19-5)7-6-8(15)11(10)16/h6-7H,1-5H3. The summed E-state index contributed by atoms with van der Waals surface area (Å²) in [5.41, 5.74) is -0.468. The summed E-state index contributed by atoms with van der Waals surface area (Å²) in [4.78, 5) is 0.833. The van der Waals surface area contributed by atoms with Crippen molar-refractivity contribution in [1.29, 1.82) is 0 Å². The van der Waals surface area contributed by atoms with E-state index in [-0.39, 0.29) is 5.82 Å². The van der Waals surface area contributed by atoms with Gasteiger partial charge in [-0.3, -0.25) is 0 Å². The van der Waals surface area contributed by atoms with Gasteiger partial charge < -0.3 is 9.31 Å². The van der Waals surface area contributed by atoms with E-state index >= 15 is 0 Å². The lowest BCUT2D eigenvalue weighted by Gasteiger charge is -2.32. The van der Waals surface area contributed by atoms with Crippen LogP contribution in [0.15, 0.2) is 21.5 Å². The van der Waals surface area contributed by atoms with Gasteiger partial charge in [-0.25, -0.2) is 4.39 Å². The Morgan fingerprint density at radius 3 is 2.16 bits per heavy atom. The van der Waals surface area contributed by atoms with Gasteiger partial charge in [0.15, 0.2) is 0 Å². The number of hydrogen-bond donors (Lipinski definition) is 0. The molecule has 1 aliphatic rings. The van der Waals surface area contributed by atoms with E-state index in [1.807, 2.05) is 40.0 Å². The van der Waals surface area contributed by atoms with Gasteiger partial charge in [0, 0.05) is 10.4 Å². The van der Waals surface area contributed by atoms with Crippen LogP contribution in [0.3, 0.4) is 0 Å². The molecule has 2 rings (SSSR count). The normalized spacial score (nSPS) is 20.9. The maximum Gasteiger partial charge on any atom is 0.499 e. The van der Waals surface area contributed by atoms with Gasteiger partial charge in [-0.05, 0) is 62.0 Å². The Bertz CT molecular complexity index is 492. The van der Waals surface area contributed by atoms with Crippen molar-refractivity contribution in [1.82, 2.24) is 0 Å². The monoisotopic (exact) mass is 346 g/mol. The van der Waals surface area contributed by atoms with Crippen LogP contribution in [0, 0.1) is 5.82 Å². The molecule has 0 spiro atoms. The number of hydrogen-bond acceptors (Lipinski definition) is 3. The maximum absolute atomic E-state index is 14.4. The molecule has 1 saturated heterocycles. The lowest BCUT2D eigenvalue weighted by molar-refractivity contribution is 0.00578. The minimum absolute atomic E-state index is 0.314. The summed E-state index contributed by atoms with van der Waals surface area (Å²) in [6.45, 7) is 7.84. The molecule has 1 fully saturated rings. The first-order chi connectivity index (χ1) is 8.69. The fourth-order valence-electron chi connectivity index (χ4n) is 1.91. The maximum atomic E-state index is 14.4. The van der Waals surface area contributed by atoms with E-state index < -0.39 is 18.3 Å². The molecule has 0 saturated carbocycles. The summed E-state index contributed by atoms with van der Waals surface area (Å²) in [7, 11) is -0.676. The Kier molecular flexibility index (Phi) is 4.09. The Morgan fingerprint density at radius 1 is 1.16 bits per heavy atom. The minimum atomic E-state index is -0.676. The van der Waals surface area contributed by atoms with Gasteiger partial charge in [0.05, 0.1) is 15.7 Å². The molecule has 0 bridgehead atoms. The second-order valence-corrected chi connectivity index (χ2v) is 7.27. The molecular formula is C13H17BBrFO2S. The molecule has 0 amide bonds. The van der Waals surface area contributed by atoms with E-state index in [0.717, 1.165) is 4.90 Å². The summed E-state index contributed by atoms with van der Waals surface area (Å²) in [5.74, 6) is -0.314. The van der Waals surface area contributed by atoms with Gasteiger partial charge in [-0.1, -0.05) is 0 Å². The summed E-state index contributed by atoms with van der Waals surface area (Å²) < 4.78 is 26.7.